The molecule has 2 fully saturated rings. The zero-order chi connectivity index (χ0) is 15.0. The molecule has 0 spiro atoms. The molecule has 1 saturated heterocycles. The minimum Gasteiger partial charge on any atom is -0.339 e. The van der Waals surface area contributed by atoms with E-state index in [4.69, 9.17) is 0 Å². The largest absolute Gasteiger partial charge is 0.339 e. The molecule has 1 aliphatic heterocycles. The van der Waals surface area contributed by atoms with Gasteiger partial charge in [0.2, 0.25) is 12.3 Å². The number of aryl methyl sites for hydroxylation is 1. The average molecular weight is 333 g/mol. The number of rotatable bonds is 5. The Hall–Kier alpha value is -0.760. The van der Waals surface area contributed by atoms with E-state index in [9.17, 15) is 13.6 Å². The molecule has 2 aliphatic rings. The summed E-state index contributed by atoms with van der Waals surface area (Å²) in [5.41, 5.74) is 0. The Morgan fingerprint density at radius 2 is 2.33 bits per heavy atom. The van der Waals surface area contributed by atoms with Gasteiger partial charge in [-0.05, 0) is 26.2 Å². The lowest BCUT2D eigenvalue weighted by atomic mass is 10.2. The van der Waals surface area contributed by atoms with Crippen molar-refractivity contribution < 1.29 is 13.6 Å². The van der Waals surface area contributed by atoms with Gasteiger partial charge >= 0.3 is 0 Å². The van der Waals surface area contributed by atoms with E-state index in [0.717, 1.165) is 27.9 Å². The lowest BCUT2D eigenvalue weighted by Gasteiger charge is -2.24. The number of likely N-dealkylation sites (tertiary alicyclic amines) is 1. The van der Waals surface area contributed by atoms with Gasteiger partial charge in [-0.3, -0.25) is 4.79 Å². The van der Waals surface area contributed by atoms with Crippen molar-refractivity contribution in [1.29, 1.82) is 0 Å². The van der Waals surface area contributed by atoms with Gasteiger partial charge in [-0.15, -0.1) is 10.2 Å². The summed E-state index contributed by atoms with van der Waals surface area (Å²) in [6.07, 6.45) is -0.109. The Labute approximate surface area is 130 Å². The second-order valence-electron chi connectivity index (χ2n) is 5.57. The molecule has 1 saturated carbocycles. The molecule has 3 rings (SSSR count). The smallest absolute Gasteiger partial charge is 0.242 e. The highest BCUT2D eigenvalue weighted by Gasteiger charge is 2.51. The quantitative estimate of drug-likeness (QED) is 0.778. The molecule has 8 heteroatoms. The second kappa shape index (κ2) is 6.16. The molecule has 0 aromatic carbocycles. The summed E-state index contributed by atoms with van der Waals surface area (Å²) in [5.74, 6) is -0.458. The van der Waals surface area contributed by atoms with Gasteiger partial charge in [0.15, 0.2) is 4.34 Å². The lowest BCUT2D eigenvalue weighted by molar-refractivity contribution is -0.133. The molecule has 1 aliphatic carbocycles. The number of hydrogen-bond acceptors (Lipinski definition) is 5. The van der Waals surface area contributed by atoms with Gasteiger partial charge in [-0.25, -0.2) is 8.78 Å². The van der Waals surface area contributed by atoms with Crippen LogP contribution in [0, 0.1) is 18.8 Å². The number of thioether (sulfide) groups is 1. The maximum absolute atomic E-state index is 12.6. The lowest BCUT2D eigenvalue weighted by Crippen LogP contribution is -2.38. The minimum absolute atomic E-state index is 0.0724. The van der Waals surface area contributed by atoms with Gasteiger partial charge in [0.05, 0.1) is 0 Å². The fraction of sp³-hybridized carbons (Fsp3) is 0.769. The average Bonchev–Trinajstić information content (AvgIpc) is 2.94. The first kappa shape index (κ1) is 15.1. The Balaban J connectivity index is 1.54. The maximum atomic E-state index is 12.6. The number of amides is 1. The van der Waals surface area contributed by atoms with E-state index in [1.807, 2.05) is 11.8 Å². The Bertz CT molecular complexity index is 525. The Morgan fingerprint density at radius 3 is 2.95 bits per heavy atom. The molecule has 21 heavy (non-hydrogen) atoms. The summed E-state index contributed by atoms with van der Waals surface area (Å²) >= 11 is 3.14. The van der Waals surface area contributed by atoms with Crippen molar-refractivity contribution in [3.05, 3.63) is 5.01 Å². The number of aromatic nitrogens is 2. The van der Waals surface area contributed by atoms with Gasteiger partial charge in [0, 0.05) is 30.2 Å². The van der Waals surface area contributed by atoms with Crippen LogP contribution in [0.15, 0.2) is 4.34 Å². The number of hydrogen-bond donors (Lipinski definition) is 0. The molecule has 2 heterocycles. The second-order valence-corrected chi connectivity index (χ2v) is 8.01. The van der Waals surface area contributed by atoms with Gasteiger partial charge in [-0.1, -0.05) is 23.1 Å². The van der Waals surface area contributed by atoms with Crippen LogP contribution in [0.3, 0.4) is 0 Å². The molecular formula is C13H17F2N3OS2. The molecule has 1 unspecified atom stereocenters. The predicted molar refractivity (Wildman–Crippen MR) is 77.7 cm³/mol. The zero-order valence-electron chi connectivity index (χ0n) is 11.7. The minimum atomic E-state index is -2.36. The van der Waals surface area contributed by atoms with Crippen LogP contribution in [0.5, 0.6) is 0 Å². The fourth-order valence-electron chi connectivity index (χ4n) is 2.79. The number of halogens is 2. The van der Waals surface area contributed by atoms with Crippen molar-refractivity contribution >= 4 is 29.0 Å². The first-order chi connectivity index (χ1) is 10.1. The monoisotopic (exact) mass is 333 g/mol. The highest BCUT2D eigenvalue weighted by molar-refractivity contribution is 8.01. The van der Waals surface area contributed by atoms with E-state index in [1.54, 1.807) is 23.1 Å². The molecule has 1 aromatic heterocycles. The number of carbonyl (C=O) groups excluding carboxylic acids is 1. The predicted octanol–water partition coefficient (Wildman–Crippen LogP) is 2.83. The molecule has 3 atom stereocenters. The highest BCUT2D eigenvalue weighted by Crippen LogP contribution is 2.45. The fourth-order valence-corrected chi connectivity index (χ4v) is 4.79. The van der Waals surface area contributed by atoms with E-state index in [-0.39, 0.29) is 11.9 Å². The molecule has 116 valence electrons. The van der Waals surface area contributed by atoms with Crippen molar-refractivity contribution in [3.8, 4) is 0 Å². The molecule has 0 N–H and O–H groups in total. The van der Waals surface area contributed by atoms with Gasteiger partial charge in [0.25, 0.3) is 0 Å². The van der Waals surface area contributed by atoms with Crippen molar-refractivity contribution in [2.24, 2.45) is 11.8 Å². The van der Waals surface area contributed by atoms with Gasteiger partial charge in [-0.2, -0.15) is 0 Å². The molecule has 1 amide bonds. The van der Waals surface area contributed by atoms with Crippen LogP contribution >= 0.6 is 23.1 Å². The number of alkyl halides is 2. The van der Waals surface area contributed by atoms with Crippen LogP contribution in [0.25, 0.3) is 0 Å². The zero-order valence-corrected chi connectivity index (χ0v) is 13.3. The molecule has 1 aromatic rings. The third kappa shape index (κ3) is 3.36. The molecule has 4 nitrogen and oxygen atoms in total. The Kier molecular flexibility index (Phi) is 4.44. The van der Waals surface area contributed by atoms with E-state index < -0.39 is 18.3 Å². The van der Waals surface area contributed by atoms with E-state index in [0.29, 0.717) is 13.0 Å². The van der Waals surface area contributed by atoms with Crippen molar-refractivity contribution in [1.82, 2.24) is 15.1 Å². The van der Waals surface area contributed by atoms with E-state index in [1.165, 1.54) is 0 Å². The SMILES string of the molecule is Cc1nnc(SCC2CCCN2C(=O)[C@H]2C[C@@H]2C(F)F)s1. The van der Waals surface area contributed by atoms with Crippen LogP contribution in [0.4, 0.5) is 8.78 Å². The van der Waals surface area contributed by atoms with Crippen molar-refractivity contribution in [2.45, 2.75) is 43.0 Å². The van der Waals surface area contributed by atoms with Crippen LogP contribution in [0.1, 0.15) is 24.3 Å². The van der Waals surface area contributed by atoms with Crippen LogP contribution in [-0.4, -0.2) is 45.8 Å². The Morgan fingerprint density at radius 1 is 1.52 bits per heavy atom. The normalized spacial score (nSPS) is 28.4. The van der Waals surface area contributed by atoms with Gasteiger partial charge in [0.1, 0.15) is 5.01 Å². The highest BCUT2D eigenvalue weighted by atomic mass is 32.2. The summed E-state index contributed by atoms with van der Waals surface area (Å²) in [7, 11) is 0. The summed E-state index contributed by atoms with van der Waals surface area (Å²) in [5, 5.41) is 8.95. The molecule has 0 radical (unpaired) electrons. The third-order valence-electron chi connectivity index (χ3n) is 4.05. The topological polar surface area (TPSA) is 46.1 Å². The summed E-state index contributed by atoms with van der Waals surface area (Å²) in [6, 6.07) is 0.144. The maximum Gasteiger partial charge on any atom is 0.242 e. The standard InChI is InChI=1S/C13H17F2N3OS2/c1-7-16-17-13(21-7)20-6-8-3-2-4-18(8)12(19)10-5-9(10)11(14)15/h8-11H,2-6H2,1H3/t8?,9-,10-/m0/s1. The van der Waals surface area contributed by atoms with Crippen LogP contribution < -0.4 is 0 Å². The summed E-state index contributed by atoms with van der Waals surface area (Å²) in [6.45, 7) is 2.61. The number of carbonyl (C=O) groups is 1. The van der Waals surface area contributed by atoms with E-state index >= 15 is 0 Å². The molecular weight excluding hydrogens is 316 g/mol. The first-order valence-electron chi connectivity index (χ1n) is 7.08. The number of nitrogens with zero attached hydrogens (tertiary/aromatic N) is 3. The van der Waals surface area contributed by atoms with E-state index in [2.05, 4.69) is 10.2 Å². The third-order valence-corrected chi connectivity index (χ3v) is 6.16. The van der Waals surface area contributed by atoms with Crippen molar-refractivity contribution in [3.63, 3.8) is 0 Å². The van der Waals surface area contributed by atoms with Crippen LogP contribution in [-0.2, 0) is 4.79 Å². The van der Waals surface area contributed by atoms with Crippen LogP contribution in [0.2, 0.25) is 0 Å². The van der Waals surface area contributed by atoms with Gasteiger partial charge < -0.3 is 4.90 Å². The molecule has 0 bridgehead atoms. The van der Waals surface area contributed by atoms with Crippen molar-refractivity contribution in [2.75, 3.05) is 12.3 Å². The first-order valence-corrected chi connectivity index (χ1v) is 8.88. The summed E-state index contributed by atoms with van der Waals surface area (Å²) < 4.78 is 26.1. The summed E-state index contributed by atoms with van der Waals surface area (Å²) in [4.78, 5) is 14.1.